The molecular formula is C22H24N2O3. The van der Waals surface area contributed by atoms with E-state index in [1.165, 1.54) is 0 Å². The highest BCUT2D eigenvalue weighted by atomic mass is 16.5. The highest BCUT2D eigenvalue weighted by Crippen LogP contribution is 2.23. The average Bonchev–Trinajstić information content (AvgIpc) is 3.17. The number of carbonyl (C=O) groups is 1. The van der Waals surface area contributed by atoms with E-state index in [0.29, 0.717) is 26.0 Å². The quantitative estimate of drug-likeness (QED) is 0.612. The molecule has 3 rings (SSSR count). The van der Waals surface area contributed by atoms with Crippen molar-refractivity contribution in [2.45, 2.75) is 32.7 Å². The van der Waals surface area contributed by atoms with Crippen molar-refractivity contribution < 1.29 is 14.1 Å². The van der Waals surface area contributed by atoms with Crippen molar-refractivity contribution in [2.75, 3.05) is 6.61 Å². The zero-order chi connectivity index (χ0) is 18.9. The van der Waals surface area contributed by atoms with Gasteiger partial charge in [-0.2, -0.15) is 0 Å². The number of hydrogen-bond donors (Lipinski definition) is 1. The molecule has 0 fully saturated rings. The molecule has 140 valence electrons. The van der Waals surface area contributed by atoms with Gasteiger partial charge in [0.05, 0.1) is 12.3 Å². The molecule has 3 aromatic rings. The van der Waals surface area contributed by atoms with Crippen molar-refractivity contribution in [3.8, 4) is 17.1 Å². The first-order valence-corrected chi connectivity index (χ1v) is 9.24. The molecule has 0 unspecified atom stereocenters. The van der Waals surface area contributed by atoms with Gasteiger partial charge in [0.2, 0.25) is 5.91 Å². The van der Waals surface area contributed by atoms with Gasteiger partial charge in [0, 0.05) is 24.6 Å². The molecular weight excluding hydrogens is 340 g/mol. The van der Waals surface area contributed by atoms with Gasteiger partial charge in [-0.1, -0.05) is 35.5 Å². The smallest absolute Gasteiger partial charge is 0.220 e. The lowest BCUT2D eigenvalue weighted by atomic mass is 10.1. The van der Waals surface area contributed by atoms with Crippen LogP contribution in [0.5, 0.6) is 5.75 Å². The summed E-state index contributed by atoms with van der Waals surface area (Å²) >= 11 is 0. The maximum absolute atomic E-state index is 12.0. The zero-order valence-electron chi connectivity index (χ0n) is 15.5. The van der Waals surface area contributed by atoms with E-state index in [2.05, 4.69) is 10.5 Å². The largest absolute Gasteiger partial charge is 0.494 e. The summed E-state index contributed by atoms with van der Waals surface area (Å²) in [6.45, 7) is 3.16. The second kappa shape index (κ2) is 9.57. The fourth-order valence-corrected chi connectivity index (χ4v) is 2.76. The van der Waals surface area contributed by atoms with Crippen LogP contribution in [0, 0.1) is 0 Å². The zero-order valence-corrected chi connectivity index (χ0v) is 15.5. The molecule has 0 spiro atoms. The van der Waals surface area contributed by atoms with Crippen molar-refractivity contribution in [3.05, 3.63) is 71.9 Å². The summed E-state index contributed by atoms with van der Waals surface area (Å²) in [6, 6.07) is 19.6. The maximum atomic E-state index is 12.0. The maximum Gasteiger partial charge on any atom is 0.220 e. The van der Waals surface area contributed by atoms with Crippen molar-refractivity contribution >= 4 is 5.91 Å². The van der Waals surface area contributed by atoms with Crippen molar-refractivity contribution in [2.24, 2.45) is 0 Å². The van der Waals surface area contributed by atoms with Gasteiger partial charge >= 0.3 is 0 Å². The molecule has 1 N–H and O–H groups in total. The lowest BCUT2D eigenvalue weighted by Gasteiger charge is -2.04. The summed E-state index contributed by atoms with van der Waals surface area (Å²) in [4.78, 5) is 12.0. The molecule has 0 radical (unpaired) electrons. The molecule has 0 atom stereocenters. The normalized spacial score (nSPS) is 10.6. The van der Waals surface area contributed by atoms with E-state index in [4.69, 9.17) is 9.26 Å². The van der Waals surface area contributed by atoms with Crippen LogP contribution >= 0.6 is 0 Å². The SMILES string of the molecule is CCOc1ccc(-c2cc(CCCC(=O)NCc3ccccc3)no2)cc1. The van der Waals surface area contributed by atoms with E-state index in [1.807, 2.05) is 67.6 Å². The van der Waals surface area contributed by atoms with Crippen molar-refractivity contribution in [1.82, 2.24) is 10.5 Å². The Kier molecular flexibility index (Phi) is 6.63. The van der Waals surface area contributed by atoms with Crippen LogP contribution in [-0.4, -0.2) is 17.7 Å². The van der Waals surface area contributed by atoms with Crippen LogP contribution in [0.1, 0.15) is 31.0 Å². The minimum absolute atomic E-state index is 0.0501. The molecule has 0 aliphatic rings. The molecule has 0 saturated heterocycles. The Balaban J connectivity index is 1.43. The highest BCUT2D eigenvalue weighted by Gasteiger charge is 2.08. The third-order valence-corrected chi connectivity index (χ3v) is 4.18. The van der Waals surface area contributed by atoms with Gasteiger partial charge in [0.25, 0.3) is 0 Å². The second-order valence-corrected chi connectivity index (χ2v) is 6.26. The van der Waals surface area contributed by atoms with E-state index >= 15 is 0 Å². The molecule has 5 heteroatoms. The molecule has 0 aliphatic heterocycles. The summed E-state index contributed by atoms with van der Waals surface area (Å²) in [7, 11) is 0. The molecule has 27 heavy (non-hydrogen) atoms. The number of aromatic nitrogens is 1. The lowest BCUT2D eigenvalue weighted by molar-refractivity contribution is -0.121. The minimum atomic E-state index is 0.0501. The molecule has 1 amide bonds. The van der Waals surface area contributed by atoms with Crippen LogP contribution in [0.3, 0.4) is 0 Å². The number of nitrogens with one attached hydrogen (secondary N) is 1. The van der Waals surface area contributed by atoms with Crippen LogP contribution < -0.4 is 10.1 Å². The van der Waals surface area contributed by atoms with E-state index in [0.717, 1.165) is 34.8 Å². The fraction of sp³-hybridized carbons (Fsp3) is 0.273. The van der Waals surface area contributed by atoms with Gasteiger partial charge in [0.15, 0.2) is 5.76 Å². The molecule has 0 aliphatic carbocycles. The Morgan fingerprint density at radius 1 is 1.11 bits per heavy atom. The predicted octanol–water partition coefficient (Wildman–Crippen LogP) is 4.38. The van der Waals surface area contributed by atoms with Crippen LogP contribution in [-0.2, 0) is 17.8 Å². The van der Waals surface area contributed by atoms with Gasteiger partial charge in [-0.25, -0.2) is 0 Å². The Morgan fingerprint density at radius 3 is 2.63 bits per heavy atom. The van der Waals surface area contributed by atoms with Crippen LogP contribution in [0.2, 0.25) is 0 Å². The summed E-state index contributed by atoms with van der Waals surface area (Å²) in [5.41, 5.74) is 2.91. The summed E-state index contributed by atoms with van der Waals surface area (Å²) in [5, 5.41) is 7.04. The van der Waals surface area contributed by atoms with E-state index in [1.54, 1.807) is 0 Å². The number of hydrogen-bond acceptors (Lipinski definition) is 4. The number of benzene rings is 2. The number of carbonyl (C=O) groups excluding carboxylic acids is 1. The molecule has 5 nitrogen and oxygen atoms in total. The standard InChI is InChI=1S/C22H24N2O3/c1-2-26-20-13-11-18(12-14-20)21-15-19(24-27-21)9-6-10-22(25)23-16-17-7-4-3-5-8-17/h3-5,7-8,11-15H,2,6,9-10,16H2,1H3,(H,23,25). The Bertz CT molecular complexity index is 842. The summed E-state index contributed by atoms with van der Waals surface area (Å²) in [5.74, 6) is 1.61. The minimum Gasteiger partial charge on any atom is -0.494 e. The van der Waals surface area contributed by atoms with Gasteiger partial charge in [-0.05, 0) is 49.6 Å². The third-order valence-electron chi connectivity index (χ3n) is 4.18. The molecule has 1 heterocycles. The first kappa shape index (κ1) is 18.7. The highest BCUT2D eigenvalue weighted by molar-refractivity contribution is 5.75. The number of aryl methyl sites for hydroxylation is 1. The van der Waals surface area contributed by atoms with Crippen LogP contribution in [0.25, 0.3) is 11.3 Å². The Labute approximate surface area is 159 Å². The van der Waals surface area contributed by atoms with Gasteiger partial charge in [-0.15, -0.1) is 0 Å². The Hall–Kier alpha value is -3.08. The van der Waals surface area contributed by atoms with Crippen molar-refractivity contribution in [3.63, 3.8) is 0 Å². The molecule has 1 aromatic heterocycles. The number of amides is 1. The third kappa shape index (κ3) is 5.71. The van der Waals surface area contributed by atoms with E-state index < -0.39 is 0 Å². The number of rotatable bonds is 9. The Morgan fingerprint density at radius 2 is 1.89 bits per heavy atom. The molecule has 0 bridgehead atoms. The first-order valence-electron chi connectivity index (χ1n) is 9.24. The van der Waals surface area contributed by atoms with Gasteiger partial charge in [0.1, 0.15) is 5.75 Å². The number of nitrogens with zero attached hydrogens (tertiary/aromatic N) is 1. The van der Waals surface area contributed by atoms with Crippen molar-refractivity contribution in [1.29, 1.82) is 0 Å². The predicted molar refractivity (Wildman–Crippen MR) is 104 cm³/mol. The summed E-state index contributed by atoms with van der Waals surface area (Å²) in [6.07, 6.45) is 1.91. The van der Waals surface area contributed by atoms with Gasteiger partial charge in [-0.3, -0.25) is 4.79 Å². The second-order valence-electron chi connectivity index (χ2n) is 6.26. The van der Waals surface area contributed by atoms with Crippen LogP contribution in [0.4, 0.5) is 0 Å². The fourth-order valence-electron chi connectivity index (χ4n) is 2.76. The molecule has 2 aromatic carbocycles. The van der Waals surface area contributed by atoms with E-state index in [-0.39, 0.29) is 5.91 Å². The van der Waals surface area contributed by atoms with Gasteiger partial charge < -0.3 is 14.6 Å². The monoisotopic (exact) mass is 364 g/mol. The van der Waals surface area contributed by atoms with Crippen LogP contribution in [0.15, 0.2) is 65.2 Å². The van der Waals surface area contributed by atoms with E-state index in [9.17, 15) is 4.79 Å². The lowest BCUT2D eigenvalue weighted by Crippen LogP contribution is -2.22. The number of ether oxygens (including phenoxy) is 1. The first-order chi connectivity index (χ1) is 13.2. The average molecular weight is 364 g/mol. The molecule has 0 saturated carbocycles. The topological polar surface area (TPSA) is 64.4 Å². The summed E-state index contributed by atoms with van der Waals surface area (Å²) < 4.78 is 10.9.